The van der Waals surface area contributed by atoms with Gasteiger partial charge in [-0.1, -0.05) is 47.5 Å². The van der Waals surface area contributed by atoms with Gasteiger partial charge in [0, 0.05) is 16.7 Å². The van der Waals surface area contributed by atoms with Crippen LogP contribution in [0.4, 0.5) is 22.0 Å². The quantitative estimate of drug-likeness (QED) is 0.539. The number of rotatable bonds is 2. The van der Waals surface area contributed by atoms with Crippen LogP contribution in [0.15, 0.2) is 36.4 Å². The lowest BCUT2D eigenvalue weighted by Gasteiger charge is -2.18. The minimum absolute atomic E-state index is 0.00800. The summed E-state index contributed by atoms with van der Waals surface area (Å²) in [6, 6.07) is 6.56. The molecule has 0 atom stereocenters. The van der Waals surface area contributed by atoms with Crippen molar-refractivity contribution >= 4 is 23.2 Å². The largest absolute Gasteiger partial charge is 0.417 e. The molecule has 0 saturated carbocycles. The van der Waals surface area contributed by atoms with Gasteiger partial charge in [-0.15, -0.1) is 0 Å². The van der Waals surface area contributed by atoms with Crippen molar-refractivity contribution in [2.24, 2.45) is 0 Å². The van der Waals surface area contributed by atoms with E-state index in [0.717, 1.165) is 18.2 Å². The molecule has 0 aromatic heterocycles. The van der Waals surface area contributed by atoms with Crippen molar-refractivity contribution in [1.82, 2.24) is 0 Å². The van der Waals surface area contributed by atoms with Crippen molar-refractivity contribution in [3.63, 3.8) is 0 Å². The Kier molecular flexibility index (Phi) is 4.44. The van der Waals surface area contributed by atoms with Crippen molar-refractivity contribution in [3.05, 3.63) is 57.6 Å². The van der Waals surface area contributed by atoms with E-state index in [2.05, 4.69) is 0 Å². The Bertz CT molecular complexity index is 665. The fraction of sp³-hybridized carbons (Fsp3) is 0.143. The normalized spacial score (nSPS) is 12.0. The van der Waals surface area contributed by atoms with Crippen molar-refractivity contribution < 1.29 is 22.0 Å². The zero-order valence-electron chi connectivity index (χ0n) is 10.2. The Balaban J connectivity index is 2.85. The molecule has 0 fully saturated rings. The first kappa shape index (κ1) is 16.0. The molecule has 2 aromatic carbocycles. The molecule has 0 spiro atoms. The van der Waals surface area contributed by atoms with E-state index in [0.29, 0.717) is 0 Å². The smallest absolute Gasteiger partial charge is 0.205 e. The van der Waals surface area contributed by atoms with E-state index < -0.39 is 29.3 Å². The third-order valence-electron chi connectivity index (χ3n) is 2.86. The second-order valence-electron chi connectivity index (χ2n) is 4.17. The van der Waals surface area contributed by atoms with Crippen LogP contribution in [0.2, 0.25) is 10.0 Å². The molecule has 2 aromatic rings. The van der Waals surface area contributed by atoms with Crippen molar-refractivity contribution in [3.8, 4) is 11.1 Å². The van der Waals surface area contributed by atoms with Crippen LogP contribution >= 0.6 is 23.2 Å². The van der Waals surface area contributed by atoms with Crippen molar-refractivity contribution in [2.45, 2.75) is 12.6 Å². The molecule has 0 heterocycles. The van der Waals surface area contributed by atoms with Gasteiger partial charge in [-0.3, -0.25) is 0 Å². The maximum atomic E-state index is 13.1. The third-order valence-corrected chi connectivity index (χ3v) is 3.68. The van der Waals surface area contributed by atoms with E-state index in [1.54, 1.807) is 0 Å². The van der Waals surface area contributed by atoms with Crippen LogP contribution in [0.25, 0.3) is 11.1 Å². The maximum absolute atomic E-state index is 13.1. The van der Waals surface area contributed by atoms with E-state index in [1.165, 1.54) is 18.2 Å². The zero-order valence-corrected chi connectivity index (χ0v) is 11.7. The first-order valence-electron chi connectivity index (χ1n) is 5.66. The third kappa shape index (κ3) is 3.14. The summed E-state index contributed by atoms with van der Waals surface area (Å²) in [7, 11) is 0. The van der Waals surface area contributed by atoms with Gasteiger partial charge in [0.2, 0.25) is 0 Å². The lowest BCUT2D eigenvalue weighted by Crippen LogP contribution is -2.09. The lowest BCUT2D eigenvalue weighted by molar-refractivity contribution is -0.137. The highest BCUT2D eigenvalue weighted by molar-refractivity contribution is 6.43. The van der Waals surface area contributed by atoms with E-state index in [1.807, 2.05) is 0 Å². The first-order chi connectivity index (χ1) is 9.73. The van der Waals surface area contributed by atoms with Crippen LogP contribution in [0.1, 0.15) is 17.6 Å². The van der Waals surface area contributed by atoms with Gasteiger partial charge >= 0.3 is 6.18 Å². The average Bonchev–Trinajstić information content (AvgIpc) is 2.40. The monoisotopic (exact) mass is 340 g/mol. The van der Waals surface area contributed by atoms with Crippen LogP contribution in [-0.2, 0) is 6.18 Å². The summed E-state index contributed by atoms with van der Waals surface area (Å²) in [5, 5.41) is -0.205. The fourth-order valence-electron chi connectivity index (χ4n) is 1.99. The molecule has 0 aliphatic heterocycles. The predicted molar refractivity (Wildman–Crippen MR) is 71.9 cm³/mol. The van der Waals surface area contributed by atoms with Crippen LogP contribution in [0.3, 0.4) is 0 Å². The molecule has 0 aliphatic carbocycles. The minimum Gasteiger partial charge on any atom is -0.205 e. The predicted octanol–water partition coefficient (Wildman–Crippen LogP) is 6.62. The molecule has 7 heteroatoms. The van der Waals surface area contributed by atoms with Gasteiger partial charge in [-0.25, -0.2) is 8.78 Å². The Labute approximate surface area is 127 Å². The standard InChI is InChI=1S/C14H7Cl2F5/c15-10-6-2-3-7(12(10)16)11-8(13(17)18)4-1-5-9(11)14(19,20)21/h1-6,13H. The molecule has 0 N–H and O–H groups in total. The summed E-state index contributed by atoms with van der Waals surface area (Å²) in [6.45, 7) is 0. The van der Waals surface area contributed by atoms with Gasteiger partial charge in [0.05, 0.1) is 15.6 Å². The van der Waals surface area contributed by atoms with E-state index in [-0.39, 0.29) is 15.6 Å². The van der Waals surface area contributed by atoms with Crippen LogP contribution < -0.4 is 0 Å². The molecular weight excluding hydrogens is 334 g/mol. The molecular formula is C14H7Cl2F5. The number of benzene rings is 2. The molecule has 0 aliphatic rings. The summed E-state index contributed by atoms with van der Waals surface area (Å²) in [5.41, 5.74) is -2.74. The van der Waals surface area contributed by atoms with Crippen molar-refractivity contribution in [2.75, 3.05) is 0 Å². The highest BCUT2D eigenvalue weighted by Gasteiger charge is 2.36. The fourth-order valence-corrected chi connectivity index (χ4v) is 2.38. The number of halogens is 7. The summed E-state index contributed by atoms with van der Waals surface area (Å²) >= 11 is 11.6. The maximum Gasteiger partial charge on any atom is 0.417 e. The van der Waals surface area contributed by atoms with Gasteiger partial charge in [0.1, 0.15) is 0 Å². The second-order valence-corrected chi connectivity index (χ2v) is 4.95. The van der Waals surface area contributed by atoms with Gasteiger partial charge in [-0.2, -0.15) is 13.2 Å². The molecule has 21 heavy (non-hydrogen) atoms. The minimum atomic E-state index is -4.79. The van der Waals surface area contributed by atoms with E-state index >= 15 is 0 Å². The van der Waals surface area contributed by atoms with Gasteiger partial charge < -0.3 is 0 Å². The molecule has 0 saturated heterocycles. The molecule has 0 nitrogen and oxygen atoms in total. The molecule has 0 amide bonds. The number of alkyl halides is 5. The first-order valence-corrected chi connectivity index (χ1v) is 6.41. The number of hydrogen-bond donors (Lipinski definition) is 0. The van der Waals surface area contributed by atoms with Crippen LogP contribution in [0.5, 0.6) is 0 Å². The van der Waals surface area contributed by atoms with Gasteiger partial charge in [0.15, 0.2) is 0 Å². The van der Waals surface area contributed by atoms with E-state index in [4.69, 9.17) is 23.2 Å². The number of hydrogen-bond acceptors (Lipinski definition) is 0. The molecule has 2 rings (SSSR count). The van der Waals surface area contributed by atoms with Crippen LogP contribution in [0, 0.1) is 0 Å². The summed E-state index contributed by atoms with van der Waals surface area (Å²) in [6.07, 6.45) is -7.86. The Morgan fingerprint density at radius 1 is 0.905 bits per heavy atom. The zero-order chi connectivity index (χ0) is 15.8. The lowest BCUT2D eigenvalue weighted by atomic mass is 9.94. The Hall–Kier alpha value is -1.33. The van der Waals surface area contributed by atoms with E-state index in [9.17, 15) is 22.0 Å². The molecule has 112 valence electrons. The van der Waals surface area contributed by atoms with Crippen LogP contribution in [-0.4, -0.2) is 0 Å². The Morgan fingerprint density at radius 3 is 2.10 bits per heavy atom. The summed E-state index contributed by atoms with van der Waals surface area (Å²) < 4.78 is 65.4. The average molecular weight is 341 g/mol. The summed E-state index contributed by atoms with van der Waals surface area (Å²) in [4.78, 5) is 0. The topological polar surface area (TPSA) is 0 Å². The van der Waals surface area contributed by atoms with Gasteiger partial charge in [0.25, 0.3) is 6.43 Å². The summed E-state index contributed by atoms with van der Waals surface area (Å²) in [5.74, 6) is 0. The van der Waals surface area contributed by atoms with Gasteiger partial charge in [-0.05, 0) is 12.1 Å². The highest BCUT2D eigenvalue weighted by Crippen LogP contribution is 2.45. The Morgan fingerprint density at radius 2 is 1.52 bits per heavy atom. The second kappa shape index (κ2) is 5.81. The molecule has 0 bridgehead atoms. The molecule has 0 radical (unpaired) electrons. The highest BCUT2D eigenvalue weighted by atomic mass is 35.5. The SMILES string of the molecule is FC(F)c1cccc(C(F)(F)F)c1-c1cccc(Cl)c1Cl. The molecule has 0 unspecified atom stereocenters. The van der Waals surface area contributed by atoms with Crippen molar-refractivity contribution in [1.29, 1.82) is 0 Å².